The molecule has 3 aromatic carbocycles. The van der Waals surface area contributed by atoms with Gasteiger partial charge in [0.05, 0.1) is 0 Å². The third-order valence-corrected chi connectivity index (χ3v) is 6.82. The predicted octanol–water partition coefficient (Wildman–Crippen LogP) is 3.65. The summed E-state index contributed by atoms with van der Waals surface area (Å²) < 4.78 is 14.3. The molecule has 2 heterocycles. The van der Waals surface area contributed by atoms with Gasteiger partial charge in [-0.3, -0.25) is 14.4 Å². The summed E-state index contributed by atoms with van der Waals surface area (Å²) in [5, 5.41) is 0. The van der Waals surface area contributed by atoms with Crippen LogP contribution in [-0.2, 0) is 11.2 Å². The summed E-state index contributed by atoms with van der Waals surface area (Å²) in [5.41, 5.74) is 3.59. The van der Waals surface area contributed by atoms with Crippen molar-refractivity contribution in [1.29, 1.82) is 0 Å². The molecule has 0 bridgehead atoms. The number of rotatable bonds is 3. The molecule has 1 saturated heterocycles. The number of benzene rings is 3. The Morgan fingerprint density at radius 3 is 2.40 bits per heavy atom. The van der Waals surface area contributed by atoms with Crippen molar-refractivity contribution in [2.45, 2.75) is 12.5 Å². The van der Waals surface area contributed by atoms with Gasteiger partial charge in [-0.1, -0.05) is 30.3 Å². The van der Waals surface area contributed by atoms with Gasteiger partial charge in [0.15, 0.2) is 5.78 Å². The summed E-state index contributed by atoms with van der Waals surface area (Å²) in [6, 6.07) is 18.2. The average molecular weight is 472 g/mol. The largest absolute Gasteiger partial charge is 0.378 e. The lowest BCUT2D eigenvalue weighted by Gasteiger charge is -2.39. The smallest absolute Gasteiger partial charge is 0.254 e. The number of hydrogen-bond acceptors (Lipinski definition) is 4. The molecule has 178 valence electrons. The fraction of sp³-hybridized carbons (Fsp3) is 0.250. The first-order chi connectivity index (χ1) is 16.8. The number of piperazine rings is 1. The molecule has 0 spiro atoms. The van der Waals surface area contributed by atoms with Crippen LogP contribution in [0, 0.1) is 5.82 Å². The van der Waals surface area contributed by atoms with Crippen molar-refractivity contribution < 1.29 is 18.8 Å². The van der Waals surface area contributed by atoms with E-state index in [4.69, 9.17) is 0 Å². The highest BCUT2D eigenvalue weighted by molar-refractivity contribution is 6.05. The number of hydrogen-bond donors (Lipinski definition) is 0. The number of Topliss-reactive ketones (excluding diaryl/α,β-unsaturated/α-hetero) is 1. The van der Waals surface area contributed by atoms with E-state index >= 15 is 0 Å². The monoisotopic (exact) mass is 471 g/mol. The average Bonchev–Trinajstić information content (AvgIpc) is 2.97. The minimum Gasteiger partial charge on any atom is -0.378 e. The van der Waals surface area contributed by atoms with Crippen molar-refractivity contribution in [1.82, 2.24) is 9.80 Å². The molecule has 7 heteroatoms. The van der Waals surface area contributed by atoms with Gasteiger partial charge in [-0.15, -0.1) is 0 Å². The van der Waals surface area contributed by atoms with Crippen LogP contribution in [0.1, 0.15) is 26.3 Å². The second-order valence-electron chi connectivity index (χ2n) is 9.20. The molecule has 0 N–H and O–H groups in total. The number of halogens is 1. The second kappa shape index (κ2) is 8.98. The van der Waals surface area contributed by atoms with Crippen LogP contribution in [0.2, 0.25) is 0 Å². The van der Waals surface area contributed by atoms with Gasteiger partial charge >= 0.3 is 0 Å². The van der Waals surface area contributed by atoms with Gasteiger partial charge < -0.3 is 14.7 Å². The van der Waals surface area contributed by atoms with E-state index in [1.54, 1.807) is 58.3 Å². The van der Waals surface area contributed by atoms with E-state index in [0.717, 1.165) is 5.69 Å². The fourth-order valence-corrected chi connectivity index (χ4v) is 4.82. The Hall–Kier alpha value is -4.00. The second-order valence-corrected chi connectivity index (χ2v) is 9.20. The quantitative estimate of drug-likeness (QED) is 0.585. The van der Waals surface area contributed by atoms with E-state index in [1.165, 1.54) is 6.07 Å². The first kappa shape index (κ1) is 22.8. The maximum Gasteiger partial charge on any atom is 0.254 e. The standard InChI is InChI=1S/C28H26FN3O3/c1-30(2)21-11-9-18(10-12-21)27(34)31-13-14-32-25(17-31)26(33)16-20-8-7-19(15-23(20)28(32)35)22-5-3-4-6-24(22)29/h3-12,15,25H,13-14,16-17H2,1-2H3/t25-/m1/s1. The lowest BCUT2D eigenvalue weighted by Crippen LogP contribution is -2.58. The van der Waals surface area contributed by atoms with E-state index in [9.17, 15) is 18.8 Å². The molecule has 0 saturated carbocycles. The molecule has 0 aromatic heterocycles. The number of nitrogens with zero attached hydrogens (tertiary/aromatic N) is 3. The van der Waals surface area contributed by atoms with Crippen molar-refractivity contribution in [2.75, 3.05) is 38.6 Å². The maximum absolute atomic E-state index is 14.3. The Bertz CT molecular complexity index is 1320. The number of carbonyl (C=O) groups is 3. The minimum atomic E-state index is -0.703. The Morgan fingerprint density at radius 2 is 1.69 bits per heavy atom. The molecule has 3 aromatic rings. The van der Waals surface area contributed by atoms with Crippen LogP contribution in [0.15, 0.2) is 66.7 Å². The van der Waals surface area contributed by atoms with Crippen LogP contribution in [0.4, 0.5) is 10.1 Å². The van der Waals surface area contributed by atoms with Gasteiger partial charge in [-0.05, 0) is 47.5 Å². The zero-order valence-corrected chi connectivity index (χ0v) is 19.7. The molecule has 2 amide bonds. The van der Waals surface area contributed by atoms with Crippen molar-refractivity contribution in [2.24, 2.45) is 0 Å². The van der Waals surface area contributed by atoms with E-state index in [-0.39, 0.29) is 42.9 Å². The summed E-state index contributed by atoms with van der Waals surface area (Å²) in [5.74, 6) is -0.875. The maximum atomic E-state index is 14.3. The SMILES string of the molecule is CN(C)c1ccc(C(=O)N2CCN3C(=O)c4cc(-c5ccccc5F)ccc4CC(=O)[C@H]3C2)cc1. The summed E-state index contributed by atoms with van der Waals surface area (Å²) >= 11 is 0. The first-order valence-corrected chi connectivity index (χ1v) is 11.6. The minimum absolute atomic E-state index is 0.0966. The molecular weight excluding hydrogens is 445 g/mol. The zero-order chi connectivity index (χ0) is 24.7. The van der Waals surface area contributed by atoms with Gasteiger partial charge in [0.25, 0.3) is 11.8 Å². The summed E-state index contributed by atoms with van der Waals surface area (Å²) in [6.45, 7) is 0.763. The van der Waals surface area contributed by atoms with Crippen LogP contribution >= 0.6 is 0 Å². The molecule has 0 unspecified atom stereocenters. The van der Waals surface area contributed by atoms with Crippen LogP contribution < -0.4 is 4.90 Å². The molecular formula is C28H26FN3O3. The molecule has 0 radical (unpaired) electrons. The highest BCUT2D eigenvalue weighted by Gasteiger charge is 2.40. The van der Waals surface area contributed by atoms with Gasteiger partial charge in [-0.2, -0.15) is 0 Å². The number of amides is 2. The molecule has 2 aliphatic heterocycles. The van der Waals surface area contributed by atoms with Crippen LogP contribution in [0.5, 0.6) is 0 Å². The summed E-state index contributed by atoms with van der Waals surface area (Å²) in [6.07, 6.45) is 0.0966. The molecule has 2 aliphatic rings. The lowest BCUT2D eigenvalue weighted by molar-refractivity contribution is -0.124. The van der Waals surface area contributed by atoms with Crippen LogP contribution in [0.25, 0.3) is 11.1 Å². The van der Waals surface area contributed by atoms with Crippen molar-refractivity contribution in [3.8, 4) is 11.1 Å². The Balaban J connectivity index is 1.40. The Morgan fingerprint density at radius 1 is 0.943 bits per heavy atom. The highest BCUT2D eigenvalue weighted by Crippen LogP contribution is 2.30. The van der Waals surface area contributed by atoms with E-state index in [1.807, 2.05) is 31.1 Å². The van der Waals surface area contributed by atoms with Crippen molar-refractivity contribution >= 4 is 23.3 Å². The molecule has 1 fully saturated rings. The van der Waals surface area contributed by atoms with Crippen molar-refractivity contribution in [3.05, 3.63) is 89.2 Å². The number of carbonyl (C=O) groups excluding carboxylic acids is 3. The van der Waals surface area contributed by atoms with Crippen LogP contribution in [0.3, 0.4) is 0 Å². The van der Waals surface area contributed by atoms with E-state index in [0.29, 0.717) is 34.4 Å². The third-order valence-electron chi connectivity index (χ3n) is 6.82. The molecule has 1 atom stereocenters. The number of anilines is 1. The lowest BCUT2D eigenvalue weighted by atomic mass is 9.96. The molecule has 0 aliphatic carbocycles. The zero-order valence-electron chi connectivity index (χ0n) is 19.7. The highest BCUT2D eigenvalue weighted by atomic mass is 19.1. The fourth-order valence-electron chi connectivity index (χ4n) is 4.82. The van der Waals surface area contributed by atoms with E-state index < -0.39 is 6.04 Å². The topological polar surface area (TPSA) is 60.9 Å². The van der Waals surface area contributed by atoms with Gasteiger partial charge in [0, 0.05) is 62.5 Å². The predicted molar refractivity (Wildman–Crippen MR) is 132 cm³/mol. The number of ketones is 1. The first-order valence-electron chi connectivity index (χ1n) is 11.6. The molecule has 5 rings (SSSR count). The normalized spacial score (nSPS) is 17.5. The summed E-state index contributed by atoms with van der Waals surface area (Å²) in [4.78, 5) is 45.0. The number of fused-ring (bicyclic) bond motifs is 2. The third kappa shape index (κ3) is 4.18. The molecule has 35 heavy (non-hydrogen) atoms. The van der Waals surface area contributed by atoms with Crippen LogP contribution in [-0.4, -0.2) is 67.2 Å². The van der Waals surface area contributed by atoms with Gasteiger partial charge in [0.2, 0.25) is 0 Å². The van der Waals surface area contributed by atoms with E-state index in [2.05, 4.69) is 0 Å². The Kier molecular flexibility index (Phi) is 5.84. The van der Waals surface area contributed by atoms with Gasteiger partial charge in [0.1, 0.15) is 11.9 Å². The summed E-state index contributed by atoms with van der Waals surface area (Å²) in [7, 11) is 3.87. The molecule has 6 nitrogen and oxygen atoms in total. The van der Waals surface area contributed by atoms with Crippen molar-refractivity contribution in [3.63, 3.8) is 0 Å². The van der Waals surface area contributed by atoms with Gasteiger partial charge in [-0.25, -0.2) is 4.39 Å². The Labute approximate surface area is 203 Å².